The summed E-state index contributed by atoms with van der Waals surface area (Å²) in [6.07, 6.45) is 0. The molecule has 0 unspecified atom stereocenters. The van der Waals surface area contributed by atoms with Crippen LogP contribution in [0.3, 0.4) is 0 Å². The lowest BCUT2D eigenvalue weighted by atomic mass is 10.2. The van der Waals surface area contributed by atoms with E-state index in [4.69, 9.17) is 4.74 Å². The lowest BCUT2D eigenvalue weighted by molar-refractivity contribution is 0.372. The number of hydrogen-bond acceptors (Lipinski definition) is 4. The Morgan fingerprint density at radius 3 is 2.43 bits per heavy atom. The number of benzene rings is 2. The maximum atomic E-state index is 12.4. The molecule has 0 aliphatic carbocycles. The smallest absolute Gasteiger partial charge is 0.243 e. The fourth-order valence-corrected chi connectivity index (χ4v) is 3.11. The van der Waals surface area contributed by atoms with E-state index >= 15 is 0 Å². The van der Waals surface area contributed by atoms with E-state index in [1.807, 2.05) is 0 Å². The van der Waals surface area contributed by atoms with Crippen LogP contribution >= 0.6 is 0 Å². The number of hydrogen-bond donors (Lipinski definition) is 1. The maximum absolute atomic E-state index is 12.4. The first-order valence-electron chi connectivity index (χ1n) is 6.32. The van der Waals surface area contributed by atoms with Crippen molar-refractivity contribution in [3.63, 3.8) is 0 Å². The van der Waals surface area contributed by atoms with E-state index in [0.29, 0.717) is 5.75 Å². The molecule has 2 rings (SSSR count). The standard InChI is InChI=1S/C15H17NO4S/c1-16(21(18,19)13-6-4-3-5-7-13)11-12-8-9-14(17)15(10-12)20-2/h3-10,17H,11H2,1-2H3. The van der Waals surface area contributed by atoms with Crippen molar-refractivity contribution < 1.29 is 18.3 Å². The van der Waals surface area contributed by atoms with E-state index in [9.17, 15) is 13.5 Å². The molecule has 0 radical (unpaired) electrons. The van der Waals surface area contributed by atoms with Gasteiger partial charge in [-0.1, -0.05) is 24.3 Å². The zero-order chi connectivity index (χ0) is 15.5. The Morgan fingerprint density at radius 2 is 1.81 bits per heavy atom. The SMILES string of the molecule is COc1cc(CN(C)S(=O)(=O)c2ccccc2)ccc1O. The molecule has 21 heavy (non-hydrogen) atoms. The summed E-state index contributed by atoms with van der Waals surface area (Å²) < 4.78 is 31.1. The van der Waals surface area contributed by atoms with E-state index in [1.54, 1.807) is 42.5 Å². The van der Waals surface area contributed by atoms with Crippen molar-refractivity contribution in [1.82, 2.24) is 4.31 Å². The van der Waals surface area contributed by atoms with Gasteiger partial charge in [-0.15, -0.1) is 0 Å². The van der Waals surface area contributed by atoms with Crippen LogP contribution in [0.15, 0.2) is 53.4 Å². The van der Waals surface area contributed by atoms with Gasteiger partial charge in [0.1, 0.15) is 0 Å². The highest BCUT2D eigenvalue weighted by Gasteiger charge is 2.20. The van der Waals surface area contributed by atoms with Crippen molar-refractivity contribution in [1.29, 1.82) is 0 Å². The first-order chi connectivity index (χ1) is 9.95. The van der Waals surface area contributed by atoms with Crippen LogP contribution in [-0.4, -0.2) is 32.0 Å². The largest absolute Gasteiger partial charge is 0.504 e. The van der Waals surface area contributed by atoms with Crippen LogP contribution in [0.1, 0.15) is 5.56 Å². The molecule has 0 aliphatic heterocycles. The number of ether oxygens (including phenoxy) is 1. The van der Waals surface area contributed by atoms with Crippen molar-refractivity contribution in [2.24, 2.45) is 0 Å². The lowest BCUT2D eigenvalue weighted by Gasteiger charge is -2.17. The Kier molecular flexibility index (Phi) is 4.50. The Bertz CT molecular complexity index is 714. The number of nitrogens with zero attached hydrogens (tertiary/aromatic N) is 1. The van der Waals surface area contributed by atoms with Gasteiger partial charge in [0, 0.05) is 13.6 Å². The van der Waals surface area contributed by atoms with Crippen LogP contribution in [0.25, 0.3) is 0 Å². The van der Waals surface area contributed by atoms with Crippen LogP contribution < -0.4 is 4.74 Å². The Hall–Kier alpha value is -2.05. The minimum Gasteiger partial charge on any atom is -0.504 e. The van der Waals surface area contributed by atoms with Crippen LogP contribution in [0, 0.1) is 0 Å². The second kappa shape index (κ2) is 6.15. The van der Waals surface area contributed by atoms with Crippen molar-refractivity contribution in [2.45, 2.75) is 11.4 Å². The average molecular weight is 307 g/mol. The topological polar surface area (TPSA) is 66.8 Å². The number of sulfonamides is 1. The van der Waals surface area contributed by atoms with Crippen molar-refractivity contribution >= 4 is 10.0 Å². The molecule has 2 aromatic rings. The van der Waals surface area contributed by atoms with E-state index in [0.717, 1.165) is 5.56 Å². The third-order valence-corrected chi connectivity index (χ3v) is 4.92. The molecule has 5 nitrogen and oxygen atoms in total. The highest BCUT2D eigenvalue weighted by Crippen LogP contribution is 2.27. The van der Waals surface area contributed by atoms with E-state index in [1.165, 1.54) is 24.5 Å². The molecule has 0 atom stereocenters. The summed E-state index contributed by atoms with van der Waals surface area (Å²) in [4.78, 5) is 0.248. The van der Waals surface area contributed by atoms with E-state index < -0.39 is 10.0 Å². The third-order valence-electron chi connectivity index (χ3n) is 3.10. The predicted molar refractivity (Wildman–Crippen MR) is 79.8 cm³/mol. The zero-order valence-electron chi connectivity index (χ0n) is 11.9. The van der Waals surface area contributed by atoms with Gasteiger partial charge in [0.25, 0.3) is 0 Å². The number of phenolic OH excluding ortho intramolecular Hbond substituents is 1. The molecule has 0 saturated heterocycles. The Morgan fingerprint density at radius 1 is 1.14 bits per heavy atom. The average Bonchev–Trinajstić information content (AvgIpc) is 2.50. The number of rotatable bonds is 5. The number of phenols is 1. The monoisotopic (exact) mass is 307 g/mol. The predicted octanol–water partition coefficient (Wildman–Crippen LogP) is 2.22. The van der Waals surface area contributed by atoms with Gasteiger partial charge in [-0.3, -0.25) is 0 Å². The van der Waals surface area contributed by atoms with Gasteiger partial charge in [0.15, 0.2) is 11.5 Å². The van der Waals surface area contributed by atoms with Gasteiger partial charge in [0.2, 0.25) is 10.0 Å². The number of aromatic hydroxyl groups is 1. The maximum Gasteiger partial charge on any atom is 0.243 e. The van der Waals surface area contributed by atoms with Gasteiger partial charge < -0.3 is 9.84 Å². The van der Waals surface area contributed by atoms with Crippen LogP contribution in [0.2, 0.25) is 0 Å². The third kappa shape index (κ3) is 3.34. The summed E-state index contributed by atoms with van der Waals surface area (Å²) in [5.41, 5.74) is 0.728. The summed E-state index contributed by atoms with van der Waals surface area (Å²) >= 11 is 0. The molecule has 6 heteroatoms. The summed E-state index contributed by atoms with van der Waals surface area (Å²) in [5, 5.41) is 9.55. The highest BCUT2D eigenvalue weighted by molar-refractivity contribution is 7.89. The first-order valence-corrected chi connectivity index (χ1v) is 7.76. The highest BCUT2D eigenvalue weighted by atomic mass is 32.2. The fourth-order valence-electron chi connectivity index (χ4n) is 1.93. The molecule has 0 amide bonds. The molecule has 0 saturated carbocycles. The molecule has 0 fully saturated rings. The second-order valence-electron chi connectivity index (χ2n) is 4.58. The molecule has 0 spiro atoms. The summed E-state index contributed by atoms with van der Waals surface area (Å²) in [7, 11) is -0.574. The summed E-state index contributed by atoms with van der Waals surface area (Å²) in [6, 6.07) is 13.0. The van der Waals surface area contributed by atoms with Crippen LogP contribution in [-0.2, 0) is 16.6 Å². The molecule has 2 aromatic carbocycles. The molecular formula is C15H17NO4S. The number of methoxy groups -OCH3 is 1. The lowest BCUT2D eigenvalue weighted by Crippen LogP contribution is -2.26. The van der Waals surface area contributed by atoms with Gasteiger partial charge in [0.05, 0.1) is 12.0 Å². The van der Waals surface area contributed by atoms with Crippen molar-refractivity contribution in [3.8, 4) is 11.5 Å². The van der Waals surface area contributed by atoms with E-state index in [2.05, 4.69) is 0 Å². The second-order valence-corrected chi connectivity index (χ2v) is 6.63. The van der Waals surface area contributed by atoms with Gasteiger partial charge >= 0.3 is 0 Å². The first kappa shape index (κ1) is 15.3. The van der Waals surface area contributed by atoms with Crippen molar-refractivity contribution in [3.05, 3.63) is 54.1 Å². The minimum atomic E-state index is -3.54. The molecule has 0 aliphatic rings. The minimum absolute atomic E-state index is 0.0230. The summed E-state index contributed by atoms with van der Waals surface area (Å²) in [6.45, 7) is 0.188. The molecule has 112 valence electrons. The molecule has 0 aromatic heterocycles. The van der Waals surface area contributed by atoms with Crippen LogP contribution in [0.5, 0.6) is 11.5 Å². The molecular weight excluding hydrogens is 290 g/mol. The normalized spacial score (nSPS) is 11.6. The van der Waals surface area contributed by atoms with Crippen molar-refractivity contribution in [2.75, 3.05) is 14.2 Å². The van der Waals surface area contributed by atoms with E-state index in [-0.39, 0.29) is 17.2 Å². The Labute approximate surface area is 124 Å². The van der Waals surface area contributed by atoms with Gasteiger partial charge in [-0.25, -0.2) is 8.42 Å². The zero-order valence-corrected chi connectivity index (χ0v) is 12.7. The summed E-state index contributed by atoms with van der Waals surface area (Å²) in [5.74, 6) is 0.341. The quantitative estimate of drug-likeness (QED) is 0.920. The molecule has 1 N–H and O–H groups in total. The molecule has 0 bridgehead atoms. The Balaban J connectivity index is 2.24. The van der Waals surface area contributed by atoms with Gasteiger partial charge in [-0.05, 0) is 29.8 Å². The van der Waals surface area contributed by atoms with Gasteiger partial charge in [-0.2, -0.15) is 4.31 Å². The van der Waals surface area contributed by atoms with Crippen LogP contribution in [0.4, 0.5) is 0 Å². The fraction of sp³-hybridized carbons (Fsp3) is 0.200. The molecule has 0 heterocycles.